The minimum Gasteiger partial charge on any atom is -0.381 e. The Hall–Kier alpha value is -4.13. The van der Waals surface area contributed by atoms with Gasteiger partial charge in [-0.3, -0.25) is 14.5 Å². The summed E-state index contributed by atoms with van der Waals surface area (Å²) < 4.78 is 43.8. The van der Waals surface area contributed by atoms with Crippen LogP contribution in [0.3, 0.4) is 0 Å². The number of carbonyl (C=O) groups is 4. The Morgan fingerprint density at radius 3 is 2.17 bits per heavy atom. The molecule has 2 aliphatic rings. The molecule has 0 saturated carbocycles. The molecule has 0 bridgehead atoms. The zero-order valence-electron chi connectivity index (χ0n) is 18.8. The molecule has 2 saturated heterocycles. The van der Waals surface area contributed by atoms with Gasteiger partial charge >= 0.3 is 18.2 Å². The molecular formula is C23H22F3N5O5. The normalized spacial score (nSPS) is 17.0. The molecule has 6 amide bonds. The van der Waals surface area contributed by atoms with E-state index in [9.17, 15) is 32.3 Å². The summed E-state index contributed by atoms with van der Waals surface area (Å²) in [5.41, 5.74) is -1.49. The molecule has 4 N–H and O–H groups in total. The molecule has 4 rings (SSSR count). The van der Waals surface area contributed by atoms with Gasteiger partial charge in [0.05, 0.1) is 5.56 Å². The summed E-state index contributed by atoms with van der Waals surface area (Å²) in [7, 11) is 0. The van der Waals surface area contributed by atoms with Crippen LogP contribution in [0.5, 0.6) is 0 Å². The Kier molecular flexibility index (Phi) is 6.84. The number of nitrogens with zero attached hydrogens (tertiary/aromatic N) is 1. The maximum Gasteiger partial charge on any atom is 0.416 e. The van der Waals surface area contributed by atoms with E-state index in [0.29, 0.717) is 26.1 Å². The molecule has 10 nitrogen and oxygen atoms in total. The molecule has 0 aliphatic carbocycles. The fourth-order valence-corrected chi connectivity index (χ4v) is 3.96. The van der Waals surface area contributed by atoms with Gasteiger partial charge in [0.1, 0.15) is 12.1 Å². The molecule has 2 fully saturated rings. The Morgan fingerprint density at radius 1 is 0.944 bits per heavy atom. The Labute approximate surface area is 203 Å². The number of urea groups is 2. The van der Waals surface area contributed by atoms with Crippen LogP contribution in [-0.4, -0.2) is 54.1 Å². The lowest BCUT2D eigenvalue weighted by Crippen LogP contribution is -2.51. The summed E-state index contributed by atoms with van der Waals surface area (Å²) in [6.07, 6.45) is -3.90. The Balaban J connectivity index is 1.34. The highest BCUT2D eigenvalue weighted by Gasteiger charge is 2.52. The van der Waals surface area contributed by atoms with Gasteiger partial charge in [0.25, 0.3) is 5.91 Å². The van der Waals surface area contributed by atoms with Crippen molar-refractivity contribution in [3.05, 3.63) is 54.1 Å². The number of hydrogen-bond donors (Lipinski definition) is 4. The molecule has 0 atom stereocenters. The molecule has 2 aromatic rings. The Bertz CT molecular complexity index is 1200. The van der Waals surface area contributed by atoms with E-state index >= 15 is 0 Å². The number of carbonyl (C=O) groups excluding carboxylic acids is 4. The highest BCUT2D eigenvalue weighted by atomic mass is 19.4. The van der Waals surface area contributed by atoms with Crippen molar-refractivity contribution in [2.24, 2.45) is 0 Å². The summed E-state index contributed by atoms with van der Waals surface area (Å²) in [6.45, 7) is 0.154. The van der Waals surface area contributed by atoms with Crippen LogP contribution in [0.2, 0.25) is 0 Å². The average molecular weight is 505 g/mol. The van der Waals surface area contributed by atoms with Crippen molar-refractivity contribution in [2.45, 2.75) is 24.6 Å². The molecule has 190 valence electrons. The summed E-state index contributed by atoms with van der Waals surface area (Å²) in [6, 6.07) is 8.70. The van der Waals surface area contributed by atoms with Crippen molar-refractivity contribution >= 4 is 40.9 Å². The maximum absolute atomic E-state index is 12.9. The molecule has 13 heteroatoms. The smallest absolute Gasteiger partial charge is 0.381 e. The van der Waals surface area contributed by atoms with Gasteiger partial charge in [-0.25, -0.2) is 9.59 Å². The van der Waals surface area contributed by atoms with E-state index in [4.69, 9.17) is 4.74 Å². The van der Waals surface area contributed by atoms with Crippen molar-refractivity contribution < 1.29 is 37.1 Å². The number of rotatable bonds is 5. The molecule has 36 heavy (non-hydrogen) atoms. The van der Waals surface area contributed by atoms with Crippen LogP contribution in [0.15, 0.2) is 48.5 Å². The molecule has 2 aliphatic heterocycles. The third-order valence-electron chi connectivity index (χ3n) is 5.75. The van der Waals surface area contributed by atoms with Gasteiger partial charge in [0.2, 0.25) is 5.91 Å². The second-order valence-corrected chi connectivity index (χ2v) is 8.30. The first-order valence-electron chi connectivity index (χ1n) is 10.9. The predicted octanol–water partition coefficient (Wildman–Crippen LogP) is 3.39. The second kappa shape index (κ2) is 9.85. The number of amides is 6. The van der Waals surface area contributed by atoms with Gasteiger partial charge in [-0.2, -0.15) is 13.2 Å². The second-order valence-electron chi connectivity index (χ2n) is 8.30. The summed E-state index contributed by atoms with van der Waals surface area (Å²) >= 11 is 0. The monoisotopic (exact) mass is 505 g/mol. The quantitative estimate of drug-likeness (QED) is 0.463. The number of halogens is 3. The lowest BCUT2D eigenvalue weighted by atomic mass is 9.90. The number of anilines is 3. The van der Waals surface area contributed by atoms with Crippen LogP contribution >= 0.6 is 0 Å². The number of nitrogens with one attached hydrogen (secondary N) is 4. The zero-order chi connectivity index (χ0) is 25.9. The molecule has 0 radical (unpaired) electrons. The minimum absolute atomic E-state index is 0.0531. The van der Waals surface area contributed by atoms with Gasteiger partial charge in [0.15, 0.2) is 0 Å². The topological polar surface area (TPSA) is 129 Å². The Morgan fingerprint density at radius 2 is 1.53 bits per heavy atom. The van der Waals surface area contributed by atoms with Crippen LogP contribution in [0.1, 0.15) is 18.4 Å². The van der Waals surface area contributed by atoms with E-state index in [1.165, 1.54) is 36.4 Å². The number of imide groups is 1. The number of alkyl halides is 3. The molecule has 2 heterocycles. The zero-order valence-corrected chi connectivity index (χ0v) is 18.8. The molecule has 1 spiro atoms. The fraction of sp³-hybridized carbons (Fsp3) is 0.304. The first-order valence-corrected chi connectivity index (χ1v) is 10.9. The van der Waals surface area contributed by atoms with Gasteiger partial charge in [-0.1, -0.05) is 12.1 Å². The standard InChI is InChI=1S/C23H22F3N5O5/c24-23(25,26)14-3-1-4-15(11-14)28-20(34)29-17-6-2-5-16(12-17)27-18(32)13-31-19(33)22(30-21(31)35)7-9-36-10-8-22/h1-6,11-12H,7-10,13H2,(H,27,32)(H,30,35)(H2,28,29,34). The number of hydrogen-bond acceptors (Lipinski definition) is 5. The van der Waals surface area contributed by atoms with E-state index in [1.807, 2.05) is 0 Å². The first-order chi connectivity index (χ1) is 17.1. The van der Waals surface area contributed by atoms with Crippen LogP contribution in [0, 0.1) is 0 Å². The molecule has 0 aromatic heterocycles. The van der Waals surface area contributed by atoms with Gasteiger partial charge in [-0.05, 0) is 36.4 Å². The van der Waals surface area contributed by atoms with E-state index in [1.54, 1.807) is 0 Å². The van der Waals surface area contributed by atoms with Crippen molar-refractivity contribution in [3.63, 3.8) is 0 Å². The van der Waals surface area contributed by atoms with Crippen LogP contribution < -0.4 is 21.3 Å². The van der Waals surface area contributed by atoms with E-state index < -0.39 is 47.7 Å². The van der Waals surface area contributed by atoms with Crippen molar-refractivity contribution in [1.29, 1.82) is 0 Å². The highest BCUT2D eigenvalue weighted by Crippen LogP contribution is 2.31. The summed E-state index contributed by atoms with van der Waals surface area (Å²) in [5, 5.41) is 10.00. The average Bonchev–Trinajstić information content (AvgIpc) is 3.03. The van der Waals surface area contributed by atoms with E-state index in [2.05, 4.69) is 21.3 Å². The van der Waals surface area contributed by atoms with Crippen LogP contribution in [0.4, 0.5) is 39.8 Å². The molecular weight excluding hydrogens is 483 g/mol. The minimum atomic E-state index is -4.55. The van der Waals surface area contributed by atoms with Gasteiger partial charge < -0.3 is 26.0 Å². The maximum atomic E-state index is 12.9. The highest BCUT2D eigenvalue weighted by molar-refractivity contribution is 6.10. The third kappa shape index (κ3) is 5.57. The summed E-state index contributed by atoms with van der Waals surface area (Å²) in [4.78, 5) is 50.7. The van der Waals surface area contributed by atoms with Crippen LogP contribution in [-0.2, 0) is 20.5 Å². The predicted molar refractivity (Wildman–Crippen MR) is 122 cm³/mol. The van der Waals surface area contributed by atoms with Crippen LogP contribution in [0.25, 0.3) is 0 Å². The number of ether oxygens (including phenoxy) is 1. The van der Waals surface area contributed by atoms with E-state index in [-0.39, 0.29) is 17.1 Å². The van der Waals surface area contributed by atoms with Crippen molar-refractivity contribution in [1.82, 2.24) is 10.2 Å². The largest absolute Gasteiger partial charge is 0.416 e. The van der Waals surface area contributed by atoms with Gasteiger partial charge in [-0.15, -0.1) is 0 Å². The summed E-state index contributed by atoms with van der Waals surface area (Å²) in [5.74, 6) is -1.11. The third-order valence-corrected chi connectivity index (χ3v) is 5.75. The molecule has 2 aromatic carbocycles. The lowest BCUT2D eigenvalue weighted by Gasteiger charge is -2.30. The SMILES string of the molecule is O=C(CN1C(=O)NC2(CCOCC2)C1=O)Nc1cccc(NC(=O)Nc2cccc(C(F)(F)F)c2)c1. The first kappa shape index (κ1) is 25.0. The molecule has 0 unspecified atom stereocenters. The van der Waals surface area contributed by atoms with E-state index in [0.717, 1.165) is 17.0 Å². The van der Waals surface area contributed by atoms with Gasteiger partial charge in [0, 0.05) is 43.1 Å². The fourth-order valence-electron chi connectivity index (χ4n) is 3.96. The van der Waals surface area contributed by atoms with Crippen molar-refractivity contribution in [3.8, 4) is 0 Å². The lowest BCUT2D eigenvalue weighted by molar-refractivity contribution is -0.137. The number of benzene rings is 2. The van der Waals surface area contributed by atoms with Crippen molar-refractivity contribution in [2.75, 3.05) is 35.7 Å².